The van der Waals surface area contributed by atoms with Crippen molar-refractivity contribution in [1.29, 1.82) is 0 Å². The van der Waals surface area contributed by atoms with Gasteiger partial charge in [0.2, 0.25) is 0 Å². The van der Waals surface area contributed by atoms with Crippen molar-refractivity contribution in [3.63, 3.8) is 0 Å². The zero-order valence-corrected chi connectivity index (χ0v) is 10.8. The summed E-state index contributed by atoms with van der Waals surface area (Å²) in [6, 6.07) is -0.149. The smallest absolute Gasteiger partial charge is 0.320 e. The van der Waals surface area contributed by atoms with Crippen molar-refractivity contribution < 1.29 is 14.7 Å². The minimum absolute atomic E-state index is 0.0132. The van der Waals surface area contributed by atoms with Gasteiger partial charge in [-0.1, -0.05) is 6.08 Å². The van der Waals surface area contributed by atoms with Gasteiger partial charge >= 0.3 is 12.0 Å². The zero-order chi connectivity index (χ0) is 13.4. The van der Waals surface area contributed by atoms with E-state index in [2.05, 4.69) is 6.58 Å². The molecule has 0 aromatic heterocycles. The highest BCUT2D eigenvalue weighted by Crippen LogP contribution is 2.06. The molecule has 5 heteroatoms. The number of carbonyl (C=O) groups excluding carboxylic acids is 1. The van der Waals surface area contributed by atoms with Crippen LogP contribution in [0, 0.1) is 0 Å². The van der Waals surface area contributed by atoms with E-state index in [1.54, 1.807) is 15.9 Å². The first-order chi connectivity index (χ1) is 7.93. The molecule has 0 aliphatic heterocycles. The van der Waals surface area contributed by atoms with Crippen LogP contribution in [0.25, 0.3) is 0 Å². The summed E-state index contributed by atoms with van der Waals surface area (Å²) >= 11 is 0. The van der Waals surface area contributed by atoms with E-state index in [1.807, 2.05) is 20.8 Å². The van der Waals surface area contributed by atoms with E-state index in [9.17, 15) is 9.59 Å². The summed E-state index contributed by atoms with van der Waals surface area (Å²) < 4.78 is 0. The molecule has 1 N–H and O–H groups in total. The molecule has 0 fully saturated rings. The molecule has 0 aromatic rings. The lowest BCUT2D eigenvalue weighted by Gasteiger charge is -2.32. The molecule has 17 heavy (non-hydrogen) atoms. The number of hydrogen-bond donors (Lipinski definition) is 1. The summed E-state index contributed by atoms with van der Waals surface area (Å²) in [6.07, 6.45) is 1.63. The van der Waals surface area contributed by atoms with E-state index in [4.69, 9.17) is 5.11 Å². The van der Waals surface area contributed by atoms with Crippen LogP contribution in [0.4, 0.5) is 4.79 Å². The molecule has 0 heterocycles. The lowest BCUT2D eigenvalue weighted by Crippen LogP contribution is -2.47. The highest BCUT2D eigenvalue weighted by Gasteiger charge is 2.21. The Labute approximate surface area is 103 Å². The Kier molecular flexibility index (Phi) is 7.02. The molecular formula is C12H22N2O3. The van der Waals surface area contributed by atoms with Crippen LogP contribution in [0.3, 0.4) is 0 Å². The van der Waals surface area contributed by atoms with Gasteiger partial charge in [-0.25, -0.2) is 4.79 Å². The third-order valence-electron chi connectivity index (χ3n) is 2.44. The lowest BCUT2D eigenvalue weighted by atomic mass is 10.3. The van der Waals surface area contributed by atoms with Crippen LogP contribution in [0.1, 0.15) is 27.2 Å². The number of hydrogen-bond acceptors (Lipinski definition) is 2. The van der Waals surface area contributed by atoms with Gasteiger partial charge in [-0.05, 0) is 20.8 Å². The molecule has 5 nitrogen and oxygen atoms in total. The molecule has 0 radical (unpaired) electrons. The van der Waals surface area contributed by atoms with Crippen LogP contribution in [0.2, 0.25) is 0 Å². The summed E-state index contributed by atoms with van der Waals surface area (Å²) in [5.74, 6) is -0.893. The van der Waals surface area contributed by atoms with Crippen molar-refractivity contribution in [2.75, 3.05) is 19.6 Å². The van der Waals surface area contributed by atoms with E-state index in [-0.39, 0.29) is 25.0 Å². The summed E-state index contributed by atoms with van der Waals surface area (Å²) in [7, 11) is 0. The molecule has 0 bridgehead atoms. The molecule has 0 atom stereocenters. The van der Waals surface area contributed by atoms with Crippen LogP contribution in [-0.2, 0) is 4.79 Å². The first kappa shape index (κ1) is 15.5. The van der Waals surface area contributed by atoms with Gasteiger partial charge in [0.15, 0.2) is 0 Å². The first-order valence-corrected chi connectivity index (χ1v) is 5.82. The SMILES string of the molecule is C=CCN(CC)C(=O)N(CCC(=O)O)C(C)C. The van der Waals surface area contributed by atoms with E-state index in [0.29, 0.717) is 13.1 Å². The van der Waals surface area contributed by atoms with E-state index in [1.165, 1.54) is 0 Å². The maximum atomic E-state index is 12.1. The van der Waals surface area contributed by atoms with Crippen molar-refractivity contribution in [2.24, 2.45) is 0 Å². The van der Waals surface area contributed by atoms with Crippen LogP contribution in [-0.4, -0.2) is 52.6 Å². The fourth-order valence-corrected chi connectivity index (χ4v) is 1.47. The number of carboxylic acids is 1. The highest BCUT2D eigenvalue weighted by atomic mass is 16.4. The van der Waals surface area contributed by atoms with E-state index < -0.39 is 5.97 Å². The Morgan fingerprint density at radius 1 is 1.41 bits per heavy atom. The van der Waals surface area contributed by atoms with Gasteiger partial charge in [0.1, 0.15) is 0 Å². The standard InChI is InChI=1S/C12H22N2O3/c1-5-8-13(6-2)12(17)14(10(3)4)9-7-11(15)16/h5,10H,1,6-9H2,2-4H3,(H,15,16). The number of rotatable bonds is 7. The van der Waals surface area contributed by atoms with Gasteiger partial charge in [0, 0.05) is 25.7 Å². The molecule has 0 unspecified atom stereocenters. The molecule has 0 aliphatic rings. The third-order valence-corrected chi connectivity index (χ3v) is 2.44. The van der Waals surface area contributed by atoms with E-state index >= 15 is 0 Å². The van der Waals surface area contributed by atoms with Gasteiger partial charge in [0.25, 0.3) is 0 Å². The quantitative estimate of drug-likeness (QED) is 0.692. The monoisotopic (exact) mass is 242 g/mol. The number of likely N-dealkylation sites (N-methyl/N-ethyl adjacent to an activating group) is 1. The van der Waals surface area contributed by atoms with Crippen molar-refractivity contribution >= 4 is 12.0 Å². The molecular weight excluding hydrogens is 220 g/mol. The molecule has 0 saturated heterocycles. The Morgan fingerprint density at radius 3 is 2.35 bits per heavy atom. The highest BCUT2D eigenvalue weighted by molar-refractivity contribution is 5.76. The van der Waals surface area contributed by atoms with Crippen LogP contribution in [0.5, 0.6) is 0 Å². The predicted octanol–water partition coefficient (Wildman–Crippen LogP) is 1.80. The Morgan fingerprint density at radius 2 is 2.00 bits per heavy atom. The second-order valence-electron chi connectivity index (χ2n) is 4.04. The summed E-state index contributed by atoms with van der Waals surface area (Å²) in [4.78, 5) is 25.9. The third kappa shape index (κ3) is 5.38. The number of urea groups is 1. The fraction of sp³-hybridized carbons (Fsp3) is 0.667. The Balaban J connectivity index is 4.61. The summed E-state index contributed by atoms with van der Waals surface area (Å²) in [6.45, 7) is 10.5. The van der Waals surface area contributed by atoms with Crippen molar-refractivity contribution in [1.82, 2.24) is 9.80 Å². The van der Waals surface area contributed by atoms with Gasteiger partial charge in [-0.15, -0.1) is 6.58 Å². The molecule has 0 rings (SSSR count). The number of carbonyl (C=O) groups is 2. The van der Waals surface area contributed by atoms with Gasteiger partial charge in [-0.2, -0.15) is 0 Å². The average molecular weight is 242 g/mol. The molecule has 0 aliphatic carbocycles. The van der Waals surface area contributed by atoms with Gasteiger partial charge in [0.05, 0.1) is 6.42 Å². The molecule has 0 saturated carbocycles. The maximum Gasteiger partial charge on any atom is 0.320 e. The average Bonchev–Trinajstić information content (AvgIpc) is 2.24. The van der Waals surface area contributed by atoms with Crippen molar-refractivity contribution in [2.45, 2.75) is 33.2 Å². The number of carboxylic acid groups (broad SMARTS) is 1. The lowest BCUT2D eigenvalue weighted by molar-refractivity contribution is -0.137. The minimum Gasteiger partial charge on any atom is -0.481 e. The number of amides is 2. The minimum atomic E-state index is -0.893. The molecule has 98 valence electrons. The Bertz CT molecular complexity index is 277. The zero-order valence-electron chi connectivity index (χ0n) is 10.8. The van der Waals surface area contributed by atoms with Crippen LogP contribution < -0.4 is 0 Å². The van der Waals surface area contributed by atoms with E-state index in [0.717, 1.165) is 0 Å². The Hall–Kier alpha value is -1.52. The molecule has 2 amide bonds. The number of aliphatic carboxylic acids is 1. The second kappa shape index (κ2) is 7.70. The first-order valence-electron chi connectivity index (χ1n) is 5.82. The maximum absolute atomic E-state index is 12.1. The fourth-order valence-electron chi connectivity index (χ4n) is 1.47. The van der Waals surface area contributed by atoms with Crippen molar-refractivity contribution in [3.8, 4) is 0 Å². The summed E-state index contributed by atoms with van der Waals surface area (Å²) in [5.41, 5.74) is 0. The van der Waals surface area contributed by atoms with Crippen LogP contribution >= 0.6 is 0 Å². The van der Waals surface area contributed by atoms with Crippen molar-refractivity contribution in [3.05, 3.63) is 12.7 Å². The molecule has 0 aromatic carbocycles. The summed E-state index contributed by atoms with van der Waals surface area (Å²) in [5, 5.41) is 8.66. The number of nitrogens with zero attached hydrogens (tertiary/aromatic N) is 2. The second-order valence-corrected chi connectivity index (χ2v) is 4.04. The van der Waals surface area contributed by atoms with Crippen LogP contribution in [0.15, 0.2) is 12.7 Å². The normalized spacial score (nSPS) is 10.1. The van der Waals surface area contributed by atoms with Gasteiger partial charge < -0.3 is 14.9 Å². The van der Waals surface area contributed by atoms with Gasteiger partial charge in [-0.3, -0.25) is 4.79 Å². The largest absolute Gasteiger partial charge is 0.481 e. The molecule has 0 spiro atoms. The predicted molar refractivity (Wildman–Crippen MR) is 66.9 cm³/mol. The topological polar surface area (TPSA) is 60.9 Å².